The third-order valence-corrected chi connectivity index (χ3v) is 2.91. The van der Waals surface area contributed by atoms with E-state index in [2.05, 4.69) is 22.4 Å². The van der Waals surface area contributed by atoms with Crippen LogP contribution in [0.5, 0.6) is 0 Å². The quantitative estimate of drug-likeness (QED) is 0.812. The van der Waals surface area contributed by atoms with E-state index in [9.17, 15) is 4.79 Å². The van der Waals surface area contributed by atoms with E-state index in [0.717, 1.165) is 31.0 Å². The van der Waals surface area contributed by atoms with E-state index in [1.807, 2.05) is 17.9 Å². The van der Waals surface area contributed by atoms with Crippen LogP contribution in [0.15, 0.2) is 6.07 Å². The van der Waals surface area contributed by atoms with Gasteiger partial charge in [0, 0.05) is 31.4 Å². The summed E-state index contributed by atoms with van der Waals surface area (Å²) in [5, 5.41) is 10.2. The number of amides is 1. The van der Waals surface area contributed by atoms with Crippen molar-refractivity contribution >= 4 is 18.3 Å². The molecule has 1 amide bonds. The molecule has 1 fully saturated rings. The largest absolute Gasteiger partial charge is 0.337 e. The average Bonchev–Trinajstić information content (AvgIpc) is 2.64. The van der Waals surface area contributed by atoms with Crippen molar-refractivity contribution in [3.63, 3.8) is 0 Å². The topological polar surface area (TPSA) is 61.0 Å². The van der Waals surface area contributed by atoms with Gasteiger partial charge in [0.1, 0.15) is 0 Å². The molecule has 2 rings (SSSR count). The van der Waals surface area contributed by atoms with E-state index in [1.54, 1.807) is 0 Å². The minimum absolute atomic E-state index is 0. The molecule has 0 bridgehead atoms. The molecule has 1 aliphatic rings. The monoisotopic (exact) mass is 258 g/mol. The van der Waals surface area contributed by atoms with Gasteiger partial charge in [-0.05, 0) is 19.9 Å². The molecule has 1 aliphatic heterocycles. The number of H-pyrrole nitrogens is 1. The van der Waals surface area contributed by atoms with Crippen molar-refractivity contribution in [1.29, 1.82) is 0 Å². The second kappa shape index (κ2) is 6.02. The Bertz CT molecular complexity index is 379. The Morgan fingerprint density at radius 2 is 2.41 bits per heavy atom. The van der Waals surface area contributed by atoms with Crippen LogP contribution >= 0.6 is 12.4 Å². The zero-order chi connectivity index (χ0) is 11.5. The van der Waals surface area contributed by atoms with Gasteiger partial charge in [-0.2, -0.15) is 5.10 Å². The Hall–Kier alpha value is -1.07. The minimum Gasteiger partial charge on any atom is -0.337 e. The lowest BCUT2D eigenvalue weighted by Gasteiger charge is -2.33. The maximum Gasteiger partial charge on any atom is 0.228 e. The van der Waals surface area contributed by atoms with Gasteiger partial charge in [0.05, 0.1) is 12.1 Å². The number of nitrogens with zero attached hydrogens (tertiary/aromatic N) is 2. The molecule has 6 heteroatoms. The van der Waals surface area contributed by atoms with E-state index < -0.39 is 0 Å². The summed E-state index contributed by atoms with van der Waals surface area (Å²) in [6, 6.07) is 2.20. The highest BCUT2D eigenvalue weighted by molar-refractivity contribution is 5.85. The molecule has 5 nitrogen and oxygen atoms in total. The molecule has 1 aromatic heterocycles. The first kappa shape index (κ1) is 14.0. The van der Waals surface area contributed by atoms with E-state index >= 15 is 0 Å². The molecule has 0 radical (unpaired) electrons. The molecule has 2 N–H and O–H groups in total. The number of aromatic nitrogens is 2. The van der Waals surface area contributed by atoms with Crippen LogP contribution in [0.25, 0.3) is 0 Å². The van der Waals surface area contributed by atoms with Crippen molar-refractivity contribution in [3.05, 3.63) is 17.5 Å². The molecule has 1 saturated heterocycles. The zero-order valence-corrected chi connectivity index (χ0v) is 11.0. The number of aromatic amines is 1. The van der Waals surface area contributed by atoms with E-state index in [-0.39, 0.29) is 24.4 Å². The predicted octanol–water partition coefficient (Wildman–Crippen LogP) is 0.503. The van der Waals surface area contributed by atoms with Gasteiger partial charge in [-0.25, -0.2) is 0 Å². The van der Waals surface area contributed by atoms with Crippen molar-refractivity contribution < 1.29 is 4.79 Å². The molecule has 96 valence electrons. The number of halogens is 1. The molecule has 2 heterocycles. The van der Waals surface area contributed by atoms with Crippen LogP contribution in [-0.4, -0.2) is 46.7 Å². The van der Waals surface area contributed by atoms with Crippen LogP contribution in [0.3, 0.4) is 0 Å². The standard InChI is InChI=1S/C11H18N4O.ClH/c1-8-5-10(14-13-8)6-11(16)15-4-3-12-7-9(15)2;/h5,9,12H,3-4,6-7H2,1-2H3,(H,13,14);1H. The smallest absolute Gasteiger partial charge is 0.228 e. The highest BCUT2D eigenvalue weighted by atomic mass is 35.5. The summed E-state index contributed by atoms with van der Waals surface area (Å²) >= 11 is 0. The number of aryl methyl sites for hydroxylation is 1. The summed E-state index contributed by atoms with van der Waals surface area (Å²) in [6.07, 6.45) is 0.397. The predicted molar refractivity (Wildman–Crippen MR) is 68.3 cm³/mol. The highest BCUT2D eigenvalue weighted by Crippen LogP contribution is 2.07. The van der Waals surface area contributed by atoms with Gasteiger partial charge in [0.15, 0.2) is 0 Å². The molecule has 0 aliphatic carbocycles. The molecule has 1 aromatic rings. The number of hydrogen-bond acceptors (Lipinski definition) is 3. The summed E-state index contributed by atoms with van der Waals surface area (Å²) < 4.78 is 0. The zero-order valence-electron chi connectivity index (χ0n) is 10.2. The number of carbonyl (C=O) groups is 1. The van der Waals surface area contributed by atoms with Gasteiger partial charge in [-0.1, -0.05) is 0 Å². The number of hydrogen-bond donors (Lipinski definition) is 2. The maximum atomic E-state index is 12.0. The summed E-state index contributed by atoms with van der Waals surface area (Å²) in [4.78, 5) is 14.0. The van der Waals surface area contributed by atoms with E-state index in [4.69, 9.17) is 0 Å². The number of piperazine rings is 1. The maximum absolute atomic E-state index is 12.0. The first-order valence-electron chi connectivity index (χ1n) is 5.68. The van der Waals surface area contributed by atoms with E-state index in [0.29, 0.717) is 6.42 Å². The van der Waals surface area contributed by atoms with Crippen LogP contribution in [0, 0.1) is 6.92 Å². The average molecular weight is 259 g/mol. The Morgan fingerprint density at radius 1 is 1.65 bits per heavy atom. The van der Waals surface area contributed by atoms with Crippen LogP contribution in [0.2, 0.25) is 0 Å². The lowest BCUT2D eigenvalue weighted by atomic mass is 10.2. The normalized spacial score (nSPS) is 19.9. The first-order valence-corrected chi connectivity index (χ1v) is 5.68. The van der Waals surface area contributed by atoms with Gasteiger partial charge in [0.25, 0.3) is 0 Å². The van der Waals surface area contributed by atoms with Gasteiger partial charge in [0.2, 0.25) is 5.91 Å². The molecule has 1 unspecified atom stereocenters. The molecule has 0 spiro atoms. The Labute approximate surface area is 107 Å². The minimum atomic E-state index is 0. The molecule has 17 heavy (non-hydrogen) atoms. The number of carbonyl (C=O) groups excluding carboxylic acids is 1. The summed E-state index contributed by atoms with van der Waals surface area (Å²) in [5.41, 5.74) is 1.82. The second-order valence-electron chi connectivity index (χ2n) is 4.36. The van der Waals surface area contributed by atoms with Crippen molar-refractivity contribution in [2.45, 2.75) is 26.3 Å². The molecule has 0 saturated carbocycles. The first-order chi connectivity index (χ1) is 7.66. The Kier molecular flexibility index (Phi) is 4.96. The van der Waals surface area contributed by atoms with Crippen molar-refractivity contribution in [2.24, 2.45) is 0 Å². The van der Waals surface area contributed by atoms with Crippen LogP contribution in [0.1, 0.15) is 18.3 Å². The SMILES string of the molecule is Cc1cc(CC(=O)N2CCNCC2C)n[nH]1.Cl. The lowest BCUT2D eigenvalue weighted by Crippen LogP contribution is -2.52. The van der Waals surface area contributed by atoms with Crippen molar-refractivity contribution in [1.82, 2.24) is 20.4 Å². The van der Waals surface area contributed by atoms with Gasteiger partial charge < -0.3 is 10.2 Å². The van der Waals surface area contributed by atoms with Gasteiger partial charge in [-0.15, -0.1) is 12.4 Å². The van der Waals surface area contributed by atoms with Gasteiger partial charge in [-0.3, -0.25) is 9.89 Å². The number of rotatable bonds is 2. The lowest BCUT2D eigenvalue weighted by molar-refractivity contribution is -0.133. The second-order valence-corrected chi connectivity index (χ2v) is 4.36. The van der Waals surface area contributed by atoms with Crippen LogP contribution in [0.4, 0.5) is 0 Å². The van der Waals surface area contributed by atoms with E-state index in [1.165, 1.54) is 0 Å². The fourth-order valence-corrected chi connectivity index (χ4v) is 2.03. The molecule has 1 atom stereocenters. The Balaban J connectivity index is 0.00000144. The van der Waals surface area contributed by atoms with Crippen LogP contribution in [-0.2, 0) is 11.2 Å². The third-order valence-electron chi connectivity index (χ3n) is 2.91. The Morgan fingerprint density at radius 3 is 3.00 bits per heavy atom. The molecular formula is C11H19ClN4O. The number of nitrogens with one attached hydrogen (secondary N) is 2. The molecule has 0 aromatic carbocycles. The van der Waals surface area contributed by atoms with Crippen LogP contribution < -0.4 is 5.32 Å². The fourth-order valence-electron chi connectivity index (χ4n) is 2.03. The third kappa shape index (κ3) is 3.44. The molecular weight excluding hydrogens is 240 g/mol. The van der Waals surface area contributed by atoms with Crippen molar-refractivity contribution in [2.75, 3.05) is 19.6 Å². The highest BCUT2D eigenvalue weighted by Gasteiger charge is 2.23. The fraction of sp³-hybridized carbons (Fsp3) is 0.636. The summed E-state index contributed by atoms with van der Waals surface area (Å²) in [7, 11) is 0. The van der Waals surface area contributed by atoms with Crippen molar-refractivity contribution in [3.8, 4) is 0 Å². The summed E-state index contributed by atoms with van der Waals surface area (Å²) in [5.74, 6) is 0.167. The van der Waals surface area contributed by atoms with Gasteiger partial charge >= 0.3 is 0 Å². The summed E-state index contributed by atoms with van der Waals surface area (Å²) in [6.45, 7) is 6.57.